The van der Waals surface area contributed by atoms with Crippen molar-refractivity contribution in [3.8, 4) is 0 Å². The van der Waals surface area contributed by atoms with E-state index in [2.05, 4.69) is 4.98 Å². The Morgan fingerprint density at radius 2 is 2.00 bits per heavy atom. The Morgan fingerprint density at radius 3 is 2.61 bits per heavy atom. The van der Waals surface area contributed by atoms with E-state index in [0.29, 0.717) is 25.0 Å². The number of nitrogens with zero attached hydrogens (tertiary/aromatic N) is 1. The van der Waals surface area contributed by atoms with Crippen LogP contribution in [0.1, 0.15) is 83.8 Å². The van der Waals surface area contributed by atoms with Gasteiger partial charge in [-0.25, -0.2) is 9.37 Å². The summed E-state index contributed by atoms with van der Waals surface area (Å²) in [5.74, 6) is -2.53. The number of ether oxygens (including phenoxy) is 2. The molecule has 3 rings (SSSR count). The number of cyclic esters (lactones) is 1. The number of hydrogen-bond acceptors (Lipinski definition) is 8. The Labute approximate surface area is 217 Å². The van der Waals surface area contributed by atoms with E-state index in [-0.39, 0.29) is 24.2 Å². The van der Waals surface area contributed by atoms with Gasteiger partial charge in [-0.1, -0.05) is 34.1 Å². The number of Topliss-reactive ketones (excluding diaryl/α,β-unsaturated/α-hetero) is 1. The number of esters is 1. The molecule has 0 spiro atoms. The van der Waals surface area contributed by atoms with Crippen molar-refractivity contribution >= 4 is 29.2 Å². The molecule has 0 aliphatic carbocycles. The first-order valence-electron chi connectivity index (χ1n) is 12.9. The van der Waals surface area contributed by atoms with E-state index in [4.69, 9.17) is 9.47 Å². The predicted octanol–water partition coefficient (Wildman–Crippen LogP) is 4.77. The SMILES string of the molecule is CC[C@H]1C(=O)C(C)(C)[C@H](O)CC(=O)O[C@H](/C(F)=C/c2csc(C)n2)CC2OC2(C)CCC[C@@H](C)[C@@H]1O. The quantitative estimate of drug-likeness (QED) is 0.432. The summed E-state index contributed by atoms with van der Waals surface area (Å²) in [5, 5.41) is 24.4. The highest BCUT2D eigenvalue weighted by molar-refractivity contribution is 7.09. The van der Waals surface area contributed by atoms with E-state index in [9.17, 15) is 19.8 Å². The minimum atomic E-state index is -1.35. The second-order valence-corrected chi connectivity index (χ2v) is 12.2. The number of aliphatic hydroxyl groups excluding tert-OH is 2. The normalized spacial score (nSPS) is 36.8. The lowest BCUT2D eigenvalue weighted by molar-refractivity contribution is -0.155. The zero-order valence-corrected chi connectivity index (χ0v) is 22.9. The van der Waals surface area contributed by atoms with Crippen LogP contribution in [0, 0.1) is 24.2 Å². The molecule has 36 heavy (non-hydrogen) atoms. The predicted molar refractivity (Wildman–Crippen MR) is 136 cm³/mol. The van der Waals surface area contributed by atoms with Gasteiger partial charge in [-0.15, -0.1) is 11.3 Å². The highest BCUT2D eigenvalue weighted by Crippen LogP contribution is 2.45. The number of fused-ring (bicyclic) bond motifs is 1. The van der Waals surface area contributed by atoms with E-state index >= 15 is 4.39 Å². The van der Waals surface area contributed by atoms with Crippen LogP contribution in [-0.4, -0.2) is 57.0 Å². The Hall–Kier alpha value is -1.68. The van der Waals surface area contributed by atoms with Crippen LogP contribution < -0.4 is 0 Å². The number of halogens is 1. The molecular formula is C27H40FNO6S. The van der Waals surface area contributed by atoms with Crippen LogP contribution in [-0.2, 0) is 19.1 Å². The molecule has 0 radical (unpaired) electrons. The van der Waals surface area contributed by atoms with Gasteiger partial charge in [-0.3, -0.25) is 9.59 Å². The standard InChI is InChI=1S/C27H40FNO6S/c1-7-18-24(32)15(2)9-8-10-27(6)22(35-27)12-20(19(28)11-17-14-36-16(3)29-17)34-23(31)13-21(30)26(4,5)25(18)33/h11,14-15,18,20-22,24,30,32H,7-10,12-13H2,1-6H3/b19-11-/t15-,18-,20+,21-,22?,24+,27?/m1/s1. The number of carbonyl (C=O) groups is 2. The lowest BCUT2D eigenvalue weighted by Crippen LogP contribution is -2.46. The van der Waals surface area contributed by atoms with Crippen molar-refractivity contribution in [3.05, 3.63) is 21.9 Å². The monoisotopic (exact) mass is 525 g/mol. The summed E-state index contributed by atoms with van der Waals surface area (Å²) in [6.07, 6.45) is -0.139. The van der Waals surface area contributed by atoms with Gasteiger partial charge >= 0.3 is 5.97 Å². The molecule has 0 aromatic carbocycles. The first-order valence-corrected chi connectivity index (χ1v) is 13.7. The summed E-state index contributed by atoms with van der Waals surface area (Å²) in [6, 6.07) is 0. The molecule has 1 aromatic heterocycles. The Morgan fingerprint density at radius 1 is 1.31 bits per heavy atom. The van der Waals surface area contributed by atoms with Crippen LogP contribution in [0.15, 0.2) is 11.2 Å². The maximum atomic E-state index is 15.3. The molecule has 2 aliphatic rings. The van der Waals surface area contributed by atoms with E-state index in [1.165, 1.54) is 17.4 Å². The van der Waals surface area contributed by atoms with Crippen molar-refractivity contribution in [2.45, 2.75) is 110 Å². The van der Waals surface area contributed by atoms with E-state index in [1.807, 2.05) is 27.7 Å². The maximum Gasteiger partial charge on any atom is 0.309 e. The summed E-state index contributed by atoms with van der Waals surface area (Å²) in [4.78, 5) is 30.5. The van der Waals surface area contributed by atoms with Crippen LogP contribution in [0.5, 0.6) is 0 Å². The average Bonchev–Trinajstić information content (AvgIpc) is 3.24. The second-order valence-electron chi connectivity index (χ2n) is 11.1. The fourth-order valence-corrected chi connectivity index (χ4v) is 5.66. The number of ketones is 1. The smallest absolute Gasteiger partial charge is 0.309 e. The summed E-state index contributed by atoms with van der Waals surface area (Å²) in [7, 11) is 0. The summed E-state index contributed by atoms with van der Waals surface area (Å²) >= 11 is 1.39. The molecule has 9 heteroatoms. The molecule has 3 heterocycles. The minimum absolute atomic E-state index is 0.125. The first-order chi connectivity index (χ1) is 16.8. The molecule has 2 unspecified atom stereocenters. The molecule has 202 valence electrons. The fourth-order valence-electron chi connectivity index (χ4n) is 5.09. The average molecular weight is 526 g/mol. The van der Waals surface area contributed by atoms with Crippen molar-refractivity contribution in [1.29, 1.82) is 0 Å². The van der Waals surface area contributed by atoms with Gasteiger partial charge in [-0.05, 0) is 45.1 Å². The number of aromatic nitrogens is 1. The second kappa shape index (κ2) is 11.4. The zero-order chi connectivity index (χ0) is 26.8. The molecule has 2 N–H and O–H groups in total. The molecule has 2 aliphatic heterocycles. The molecule has 2 saturated heterocycles. The molecular weight excluding hydrogens is 485 g/mol. The molecule has 2 fully saturated rings. The largest absolute Gasteiger partial charge is 0.455 e. The van der Waals surface area contributed by atoms with Gasteiger partial charge in [0.2, 0.25) is 0 Å². The molecule has 0 amide bonds. The summed E-state index contributed by atoms with van der Waals surface area (Å²) in [6.45, 7) is 10.7. The molecule has 7 atom stereocenters. The Kier molecular flexibility index (Phi) is 9.13. The van der Waals surface area contributed by atoms with Crippen LogP contribution in [0.25, 0.3) is 6.08 Å². The van der Waals surface area contributed by atoms with Crippen molar-refractivity contribution < 1.29 is 33.7 Å². The third-order valence-corrected chi connectivity index (χ3v) is 8.69. The highest BCUT2D eigenvalue weighted by Gasteiger charge is 2.53. The molecule has 7 nitrogen and oxygen atoms in total. The lowest BCUT2D eigenvalue weighted by Gasteiger charge is -2.35. The fraction of sp³-hybridized carbons (Fsp3) is 0.741. The number of rotatable bonds is 3. The molecule has 0 saturated carbocycles. The van der Waals surface area contributed by atoms with Gasteiger partial charge in [0.1, 0.15) is 11.6 Å². The first kappa shape index (κ1) is 28.9. The number of hydrogen-bond donors (Lipinski definition) is 2. The van der Waals surface area contributed by atoms with Gasteiger partial charge in [0, 0.05) is 17.7 Å². The van der Waals surface area contributed by atoms with E-state index in [0.717, 1.165) is 11.4 Å². The van der Waals surface area contributed by atoms with Crippen LogP contribution in [0.3, 0.4) is 0 Å². The van der Waals surface area contributed by atoms with Gasteiger partial charge in [0.25, 0.3) is 0 Å². The van der Waals surface area contributed by atoms with E-state index < -0.39 is 53.5 Å². The highest BCUT2D eigenvalue weighted by atomic mass is 32.1. The third kappa shape index (κ3) is 6.60. The Bertz CT molecular complexity index is 977. The zero-order valence-electron chi connectivity index (χ0n) is 22.1. The van der Waals surface area contributed by atoms with Crippen molar-refractivity contribution in [1.82, 2.24) is 4.98 Å². The van der Waals surface area contributed by atoms with Crippen LogP contribution in [0.2, 0.25) is 0 Å². The lowest BCUT2D eigenvalue weighted by atomic mass is 9.71. The van der Waals surface area contributed by atoms with E-state index in [1.54, 1.807) is 19.2 Å². The van der Waals surface area contributed by atoms with Gasteiger partial charge in [0.15, 0.2) is 6.10 Å². The topological polar surface area (TPSA) is 109 Å². The minimum Gasteiger partial charge on any atom is -0.455 e. The molecule has 1 aromatic rings. The number of thiazole rings is 1. The van der Waals surface area contributed by atoms with Crippen molar-refractivity contribution in [3.63, 3.8) is 0 Å². The third-order valence-electron chi connectivity index (χ3n) is 7.90. The summed E-state index contributed by atoms with van der Waals surface area (Å²) in [5.41, 5.74) is -1.31. The number of carbonyl (C=O) groups excluding carboxylic acids is 2. The maximum absolute atomic E-state index is 15.3. The van der Waals surface area contributed by atoms with Gasteiger partial charge in [-0.2, -0.15) is 0 Å². The number of aryl methyl sites for hydroxylation is 1. The van der Waals surface area contributed by atoms with Gasteiger partial charge in [0.05, 0.1) is 46.5 Å². The van der Waals surface area contributed by atoms with Crippen LogP contribution >= 0.6 is 11.3 Å². The number of aliphatic hydroxyl groups is 2. The van der Waals surface area contributed by atoms with Crippen molar-refractivity contribution in [2.24, 2.45) is 17.3 Å². The van der Waals surface area contributed by atoms with Gasteiger partial charge < -0.3 is 19.7 Å². The number of epoxide rings is 1. The van der Waals surface area contributed by atoms with Crippen molar-refractivity contribution in [2.75, 3.05) is 0 Å². The summed E-state index contributed by atoms with van der Waals surface area (Å²) < 4.78 is 26.7. The Balaban J connectivity index is 1.87. The van der Waals surface area contributed by atoms with Crippen LogP contribution in [0.4, 0.5) is 4.39 Å². The molecule has 0 bridgehead atoms.